The molecule has 0 aromatic rings. The second-order valence-corrected chi connectivity index (χ2v) is 5.84. The van der Waals surface area contributed by atoms with Gasteiger partial charge >= 0.3 is 13.7 Å². The average molecular weight is 280 g/mol. The van der Waals surface area contributed by atoms with Crippen molar-refractivity contribution in [3.63, 3.8) is 0 Å². The van der Waals surface area contributed by atoms with Gasteiger partial charge in [-0.25, -0.2) is 4.57 Å². The molecule has 1 atom stereocenters. The molecule has 0 radical (unpaired) electrons. The zero-order valence-electron chi connectivity index (χ0n) is 12.0. The van der Waals surface area contributed by atoms with Gasteiger partial charge in [0, 0.05) is 0 Å². The van der Waals surface area contributed by atoms with Crippen LogP contribution < -0.4 is 0 Å². The highest BCUT2D eigenvalue weighted by Gasteiger charge is 2.51. The van der Waals surface area contributed by atoms with Crippen molar-refractivity contribution in [1.82, 2.24) is 0 Å². The fourth-order valence-electron chi connectivity index (χ4n) is 2.08. The van der Waals surface area contributed by atoms with Gasteiger partial charge in [0.15, 0.2) is 13.1 Å². The van der Waals surface area contributed by atoms with Gasteiger partial charge in [-0.05, 0) is 20.8 Å². The van der Waals surface area contributed by atoms with Crippen LogP contribution in [0.3, 0.4) is 0 Å². The highest BCUT2D eigenvalue weighted by molar-refractivity contribution is 7.48. The smallest absolute Gasteiger partial charge is 0.284 e. The third-order valence-corrected chi connectivity index (χ3v) is 4.94. The fourth-order valence-corrected chi connectivity index (χ4v) is 3.58. The number of rotatable bonds is 7. The van der Waals surface area contributed by atoms with Crippen LogP contribution >= 0.6 is 7.82 Å². The molecule has 0 N–H and O–H groups in total. The molecule has 0 bridgehead atoms. The van der Waals surface area contributed by atoms with Gasteiger partial charge < -0.3 is 0 Å². The summed E-state index contributed by atoms with van der Waals surface area (Å²) >= 11 is 0. The monoisotopic (exact) mass is 280 g/mol. The minimum Gasteiger partial charge on any atom is -0.284 e. The zero-order valence-corrected chi connectivity index (χ0v) is 12.9. The van der Waals surface area contributed by atoms with Gasteiger partial charge in [-0.3, -0.25) is 9.05 Å². The van der Waals surface area contributed by atoms with Crippen molar-refractivity contribution in [3.05, 3.63) is 0 Å². The van der Waals surface area contributed by atoms with Crippen LogP contribution in [0.5, 0.6) is 0 Å². The Morgan fingerprint density at radius 1 is 1.28 bits per heavy atom. The van der Waals surface area contributed by atoms with Crippen LogP contribution in [0.15, 0.2) is 0 Å². The maximum absolute atomic E-state index is 12.5. The number of phosphoric ester groups is 1. The SMILES string of the molecule is CCOP(=O)(OCC)O[N+]1(CC)CC[N+](C)=C1C. The molecule has 0 aliphatic carbocycles. The maximum Gasteiger partial charge on any atom is 0.521 e. The van der Waals surface area contributed by atoms with E-state index in [9.17, 15) is 4.57 Å². The number of nitrogens with zero attached hydrogens (tertiary/aromatic N) is 2. The summed E-state index contributed by atoms with van der Waals surface area (Å²) in [6.45, 7) is 10.5. The summed E-state index contributed by atoms with van der Waals surface area (Å²) < 4.78 is 31.0. The van der Waals surface area contributed by atoms with Crippen molar-refractivity contribution >= 4 is 13.7 Å². The molecule has 0 aromatic heterocycles. The van der Waals surface area contributed by atoms with E-state index in [0.29, 0.717) is 19.8 Å². The maximum atomic E-state index is 12.5. The van der Waals surface area contributed by atoms with E-state index in [1.54, 1.807) is 13.8 Å². The Labute approximate surface area is 109 Å². The molecule has 1 aliphatic heterocycles. The summed E-state index contributed by atoms with van der Waals surface area (Å²) in [5.41, 5.74) is 0. The molecular formula is C11H25N2O4P+2. The van der Waals surface area contributed by atoms with E-state index in [4.69, 9.17) is 13.7 Å². The van der Waals surface area contributed by atoms with Gasteiger partial charge in [0.05, 0.1) is 20.1 Å². The van der Waals surface area contributed by atoms with Crippen molar-refractivity contribution in [2.45, 2.75) is 27.7 Å². The topological polar surface area (TPSA) is 47.8 Å². The first-order chi connectivity index (χ1) is 8.43. The minimum atomic E-state index is -3.49. The van der Waals surface area contributed by atoms with Crippen LogP contribution in [-0.2, 0) is 18.2 Å². The summed E-state index contributed by atoms with van der Waals surface area (Å²) in [5.74, 6) is 1.03. The molecule has 18 heavy (non-hydrogen) atoms. The number of quaternary nitrogens is 1. The molecule has 1 heterocycles. The third-order valence-electron chi connectivity index (χ3n) is 3.28. The van der Waals surface area contributed by atoms with Crippen LogP contribution in [0.1, 0.15) is 27.7 Å². The van der Waals surface area contributed by atoms with Crippen LogP contribution in [0.2, 0.25) is 0 Å². The molecule has 0 saturated heterocycles. The zero-order chi connectivity index (χ0) is 13.8. The number of amidine groups is 1. The van der Waals surface area contributed by atoms with Crippen molar-refractivity contribution < 1.29 is 27.5 Å². The lowest BCUT2D eigenvalue weighted by Gasteiger charge is -2.28. The number of likely N-dealkylation sites (N-methyl/N-ethyl adjacent to an activating group) is 2. The van der Waals surface area contributed by atoms with Crippen molar-refractivity contribution in [2.75, 3.05) is 39.9 Å². The molecule has 106 valence electrons. The van der Waals surface area contributed by atoms with E-state index >= 15 is 0 Å². The first-order valence-corrected chi connectivity index (χ1v) is 7.92. The molecule has 0 fully saturated rings. The molecule has 0 amide bonds. The molecule has 6 nitrogen and oxygen atoms in total. The number of phosphoric acid groups is 1. The Morgan fingerprint density at radius 3 is 2.17 bits per heavy atom. The molecule has 0 spiro atoms. The lowest BCUT2D eigenvalue weighted by Crippen LogP contribution is -2.49. The Balaban J connectivity index is 2.94. The number of hydrogen-bond acceptors (Lipinski definition) is 4. The lowest BCUT2D eigenvalue weighted by molar-refractivity contribution is -1.01. The van der Waals surface area contributed by atoms with Crippen LogP contribution in [-0.4, -0.2) is 55.0 Å². The largest absolute Gasteiger partial charge is 0.521 e. The molecule has 0 aromatic carbocycles. The van der Waals surface area contributed by atoms with E-state index in [-0.39, 0.29) is 4.65 Å². The second kappa shape index (κ2) is 6.26. The van der Waals surface area contributed by atoms with Gasteiger partial charge in [0.1, 0.15) is 13.6 Å². The molecular weight excluding hydrogens is 255 g/mol. The Hall–Kier alpha value is -0.260. The Morgan fingerprint density at radius 2 is 1.83 bits per heavy atom. The van der Waals surface area contributed by atoms with E-state index in [1.165, 1.54) is 0 Å². The number of hydrogen-bond donors (Lipinski definition) is 0. The average Bonchev–Trinajstić information content (AvgIpc) is 2.59. The molecule has 0 saturated carbocycles. The molecule has 1 unspecified atom stereocenters. The summed E-state index contributed by atoms with van der Waals surface area (Å²) in [7, 11) is -1.49. The van der Waals surface area contributed by atoms with E-state index in [0.717, 1.165) is 18.9 Å². The predicted octanol–water partition coefficient (Wildman–Crippen LogP) is 2.01. The van der Waals surface area contributed by atoms with Gasteiger partial charge in [0.2, 0.25) is 0 Å². The van der Waals surface area contributed by atoms with Crippen molar-refractivity contribution in [2.24, 2.45) is 0 Å². The molecule has 1 aliphatic rings. The summed E-state index contributed by atoms with van der Waals surface area (Å²) in [4.78, 5) is 0. The normalized spacial score (nSPS) is 24.9. The standard InChI is InChI=1S/C11H25N2O4P/c1-6-13(10-9-12(5)11(13)4)17-18(14,15-7-2)16-8-3/h6-10H2,1-5H3/q+2. The highest BCUT2D eigenvalue weighted by atomic mass is 31.2. The Bertz CT molecular complexity index is 362. The Kier molecular flexibility index (Phi) is 5.49. The van der Waals surface area contributed by atoms with Crippen LogP contribution in [0.25, 0.3) is 0 Å². The van der Waals surface area contributed by atoms with Gasteiger partial charge in [-0.2, -0.15) is 4.58 Å². The minimum absolute atomic E-state index is 0.216. The first kappa shape index (κ1) is 15.8. The van der Waals surface area contributed by atoms with E-state index in [1.807, 2.05) is 20.9 Å². The quantitative estimate of drug-likeness (QED) is 0.406. The van der Waals surface area contributed by atoms with Crippen molar-refractivity contribution in [1.29, 1.82) is 0 Å². The summed E-state index contributed by atoms with van der Waals surface area (Å²) in [6, 6.07) is 0. The second-order valence-electron chi connectivity index (χ2n) is 4.26. The van der Waals surface area contributed by atoms with Gasteiger partial charge in [0.25, 0.3) is 0 Å². The number of hydroxylamine groups is 3. The van der Waals surface area contributed by atoms with Gasteiger partial charge in [-0.15, -0.1) is 0 Å². The van der Waals surface area contributed by atoms with Gasteiger partial charge in [-0.1, -0.05) is 9.27 Å². The summed E-state index contributed by atoms with van der Waals surface area (Å²) in [5, 5.41) is 0. The van der Waals surface area contributed by atoms with E-state index < -0.39 is 7.82 Å². The van der Waals surface area contributed by atoms with E-state index in [2.05, 4.69) is 4.58 Å². The highest BCUT2D eigenvalue weighted by Crippen LogP contribution is 2.52. The van der Waals surface area contributed by atoms with Crippen LogP contribution in [0, 0.1) is 0 Å². The van der Waals surface area contributed by atoms with Crippen LogP contribution in [0.4, 0.5) is 0 Å². The third kappa shape index (κ3) is 3.19. The van der Waals surface area contributed by atoms with Crippen molar-refractivity contribution in [3.8, 4) is 0 Å². The summed E-state index contributed by atoms with van der Waals surface area (Å²) in [6.07, 6.45) is 0. The fraction of sp³-hybridized carbons (Fsp3) is 0.909. The molecule has 7 heteroatoms. The predicted molar refractivity (Wildman–Crippen MR) is 69.3 cm³/mol. The first-order valence-electron chi connectivity index (χ1n) is 6.45. The lowest BCUT2D eigenvalue weighted by atomic mass is 10.5. The molecule has 1 rings (SSSR count).